The highest BCUT2D eigenvalue weighted by Gasteiger charge is 2.18. The number of benzene rings is 1. The van der Waals surface area contributed by atoms with Crippen molar-refractivity contribution in [1.29, 1.82) is 0 Å². The quantitative estimate of drug-likeness (QED) is 0.665. The topological polar surface area (TPSA) is 76.9 Å². The van der Waals surface area contributed by atoms with Gasteiger partial charge in [0.2, 0.25) is 10.0 Å². The Bertz CT molecular complexity index is 1100. The largest absolute Gasteiger partial charge is 0.308 e. The van der Waals surface area contributed by atoms with E-state index in [1.807, 2.05) is 0 Å². The second-order valence-corrected chi connectivity index (χ2v) is 8.05. The lowest BCUT2D eigenvalue weighted by Crippen LogP contribution is -2.15. The number of hydrogen-bond donors (Lipinski definition) is 1. The van der Waals surface area contributed by atoms with Crippen LogP contribution in [0.2, 0.25) is 5.15 Å². The van der Waals surface area contributed by atoms with E-state index in [9.17, 15) is 17.2 Å². The highest BCUT2D eigenvalue weighted by Crippen LogP contribution is 2.27. The van der Waals surface area contributed by atoms with Crippen LogP contribution < -0.4 is 4.72 Å². The summed E-state index contributed by atoms with van der Waals surface area (Å²) >= 11 is 6.02. The Hall–Kier alpha value is -2.26. The first-order chi connectivity index (χ1) is 12.2. The fourth-order valence-electron chi connectivity index (χ4n) is 2.50. The van der Waals surface area contributed by atoms with Crippen molar-refractivity contribution < 1.29 is 17.2 Å². The molecule has 6 nitrogen and oxygen atoms in total. The number of halogens is 3. The number of fused-ring (bicyclic) bond motifs is 1. The number of anilines is 1. The highest BCUT2D eigenvalue weighted by molar-refractivity contribution is 7.92. The van der Waals surface area contributed by atoms with E-state index in [0.29, 0.717) is 17.0 Å². The minimum atomic E-state index is -3.54. The minimum absolute atomic E-state index is 0.0434. The van der Waals surface area contributed by atoms with E-state index in [4.69, 9.17) is 11.6 Å². The van der Waals surface area contributed by atoms with Crippen LogP contribution in [0.4, 0.5) is 14.5 Å². The van der Waals surface area contributed by atoms with Crippen LogP contribution in [0.1, 0.15) is 18.3 Å². The van der Waals surface area contributed by atoms with Gasteiger partial charge in [-0.15, -0.1) is 0 Å². The predicted octanol–water partition coefficient (Wildman–Crippen LogP) is 3.48. The molecule has 0 aliphatic rings. The number of pyridine rings is 1. The molecule has 2 heterocycles. The van der Waals surface area contributed by atoms with Gasteiger partial charge >= 0.3 is 0 Å². The Labute approximate surface area is 153 Å². The maximum absolute atomic E-state index is 14.0. The summed E-state index contributed by atoms with van der Waals surface area (Å²) in [4.78, 5) is 8.53. The Kier molecular flexibility index (Phi) is 4.85. The molecule has 3 aromatic rings. The van der Waals surface area contributed by atoms with Gasteiger partial charge in [0.15, 0.2) is 5.65 Å². The summed E-state index contributed by atoms with van der Waals surface area (Å²) in [5.41, 5.74) is 1.04. The van der Waals surface area contributed by atoms with Crippen LogP contribution in [-0.4, -0.2) is 28.7 Å². The minimum Gasteiger partial charge on any atom is -0.308 e. The lowest BCUT2D eigenvalue weighted by Gasteiger charge is -2.09. The maximum Gasteiger partial charge on any atom is 0.232 e. The molecule has 26 heavy (non-hydrogen) atoms. The van der Waals surface area contributed by atoms with Gasteiger partial charge in [-0.1, -0.05) is 17.7 Å². The molecule has 1 aromatic carbocycles. The number of nitrogens with one attached hydrogen (secondary N) is 1. The molecule has 138 valence electrons. The molecule has 0 amide bonds. The van der Waals surface area contributed by atoms with Crippen molar-refractivity contribution in [2.45, 2.75) is 20.4 Å². The third-order valence-electron chi connectivity index (χ3n) is 3.85. The van der Waals surface area contributed by atoms with Gasteiger partial charge in [0.25, 0.3) is 0 Å². The van der Waals surface area contributed by atoms with E-state index in [2.05, 4.69) is 14.7 Å². The van der Waals surface area contributed by atoms with E-state index in [1.165, 1.54) is 19.1 Å². The molecule has 0 aliphatic carbocycles. The Morgan fingerprint density at radius 2 is 1.96 bits per heavy atom. The average Bonchev–Trinajstić information content (AvgIpc) is 2.86. The average molecular weight is 401 g/mol. The Balaban J connectivity index is 2.12. The zero-order valence-electron chi connectivity index (χ0n) is 13.9. The standard InChI is InChI=1S/C16H15ClF2N4O2S/c1-3-26(24,25)22-13-7-14(17)21-16-15(13)20-9(2)23(16)8-10-4-5-11(18)6-12(10)19/h4-7H,3,8H2,1-2H3,(H,21,22). The van der Waals surface area contributed by atoms with Crippen molar-refractivity contribution >= 4 is 38.5 Å². The van der Waals surface area contributed by atoms with Crippen molar-refractivity contribution in [3.8, 4) is 0 Å². The van der Waals surface area contributed by atoms with E-state index < -0.39 is 21.7 Å². The first kappa shape index (κ1) is 18.5. The van der Waals surface area contributed by atoms with Crippen LogP contribution in [-0.2, 0) is 16.6 Å². The van der Waals surface area contributed by atoms with Crippen LogP contribution in [0.3, 0.4) is 0 Å². The van der Waals surface area contributed by atoms with Crippen molar-refractivity contribution in [2.75, 3.05) is 10.5 Å². The maximum atomic E-state index is 14.0. The molecule has 0 atom stereocenters. The number of sulfonamides is 1. The van der Waals surface area contributed by atoms with E-state index in [0.717, 1.165) is 12.1 Å². The molecular formula is C16H15ClF2N4O2S. The fourth-order valence-corrected chi connectivity index (χ4v) is 3.32. The summed E-state index contributed by atoms with van der Waals surface area (Å²) in [6, 6.07) is 4.66. The van der Waals surface area contributed by atoms with Crippen molar-refractivity contribution in [1.82, 2.24) is 14.5 Å². The third kappa shape index (κ3) is 3.63. The molecule has 10 heteroatoms. The molecule has 0 saturated carbocycles. The zero-order valence-corrected chi connectivity index (χ0v) is 15.5. The van der Waals surface area contributed by atoms with E-state index >= 15 is 0 Å². The molecular weight excluding hydrogens is 386 g/mol. The van der Waals surface area contributed by atoms with Crippen molar-refractivity contribution in [3.63, 3.8) is 0 Å². The smallest absolute Gasteiger partial charge is 0.232 e. The van der Waals surface area contributed by atoms with Crippen LogP contribution in [0.25, 0.3) is 11.2 Å². The van der Waals surface area contributed by atoms with Crippen LogP contribution >= 0.6 is 11.6 Å². The molecule has 2 aromatic heterocycles. The summed E-state index contributed by atoms with van der Waals surface area (Å²) in [6.45, 7) is 3.22. The number of rotatable bonds is 5. The summed E-state index contributed by atoms with van der Waals surface area (Å²) in [6.07, 6.45) is 0. The van der Waals surface area contributed by atoms with Crippen LogP contribution in [0, 0.1) is 18.6 Å². The molecule has 0 radical (unpaired) electrons. The monoisotopic (exact) mass is 400 g/mol. The Morgan fingerprint density at radius 1 is 1.23 bits per heavy atom. The molecule has 0 spiro atoms. The highest BCUT2D eigenvalue weighted by atomic mass is 35.5. The van der Waals surface area contributed by atoms with Gasteiger partial charge in [-0.05, 0) is 19.9 Å². The molecule has 0 saturated heterocycles. The number of nitrogens with zero attached hydrogens (tertiary/aromatic N) is 3. The van der Waals surface area contributed by atoms with Gasteiger partial charge in [-0.25, -0.2) is 27.2 Å². The number of hydrogen-bond acceptors (Lipinski definition) is 4. The lowest BCUT2D eigenvalue weighted by molar-refractivity contribution is 0.566. The van der Waals surface area contributed by atoms with Crippen molar-refractivity contribution in [2.24, 2.45) is 0 Å². The SMILES string of the molecule is CCS(=O)(=O)Nc1cc(Cl)nc2c1nc(C)n2Cc1ccc(F)cc1F. The molecule has 0 unspecified atom stereocenters. The summed E-state index contributed by atoms with van der Waals surface area (Å²) < 4.78 is 54.9. The second-order valence-electron chi connectivity index (χ2n) is 5.65. The molecule has 1 N–H and O–H groups in total. The van der Waals surface area contributed by atoms with E-state index in [1.54, 1.807) is 11.5 Å². The second kappa shape index (κ2) is 6.81. The van der Waals surface area contributed by atoms with Gasteiger partial charge < -0.3 is 4.57 Å². The summed E-state index contributed by atoms with van der Waals surface area (Å²) in [5.74, 6) is -0.999. The summed E-state index contributed by atoms with van der Waals surface area (Å²) in [5, 5.41) is 0.0621. The lowest BCUT2D eigenvalue weighted by atomic mass is 10.2. The first-order valence-corrected chi connectivity index (χ1v) is 9.71. The Morgan fingerprint density at radius 3 is 2.62 bits per heavy atom. The van der Waals surface area contributed by atoms with Gasteiger partial charge in [0, 0.05) is 17.7 Å². The summed E-state index contributed by atoms with van der Waals surface area (Å²) in [7, 11) is -3.54. The van der Waals surface area contributed by atoms with E-state index in [-0.39, 0.29) is 28.7 Å². The first-order valence-electron chi connectivity index (χ1n) is 7.68. The third-order valence-corrected chi connectivity index (χ3v) is 5.34. The number of imidazole rings is 1. The molecule has 0 aliphatic heterocycles. The van der Waals surface area contributed by atoms with Crippen molar-refractivity contribution in [3.05, 3.63) is 52.4 Å². The van der Waals surface area contributed by atoms with Gasteiger partial charge in [0.1, 0.15) is 28.1 Å². The molecule has 0 fully saturated rings. The fraction of sp³-hybridized carbons (Fsp3) is 0.250. The number of aryl methyl sites for hydroxylation is 1. The van der Waals surface area contributed by atoms with Gasteiger partial charge in [-0.2, -0.15) is 0 Å². The zero-order chi connectivity index (χ0) is 19.1. The van der Waals surface area contributed by atoms with Crippen LogP contribution in [0.5, 0.6) is 0 Å². The molecule has 3 rings (SSSR count). The van der Waals surface area contributed by atoms with Gasteiger partial charge in [0.05, 0.1) is 18.0 Å². The van der Waals surface area contributed by atoms with Gasteiger partial charge in [-0.3, -0.25) is 4.72 Å². The predicted molar refractivity (Wildman–Crippen MR) is 95.8 cm³/mol. The normalized spacial score (nSPS) is 11.9. The molecule has 0 bridgehead atoms. The van der Waals surface area contributed by atoms with Crippen LogP contribution in [0.15, 0.2) is 24.3 Å². The number of aromatic nitrogens is 3.